The molecule has 0 radical (unpaired) electrons. The highest BCUT2D eigenvalue weighted by Crippen LogP contribution is 2.28. The number of benzene rings is 2. The molecule has 6 heteroatoms. The lowest BCUT2D eigenvalue weighted by molar-refractivity contribution is -0.146. The van der Waals surface area contributed by atoms with Gasteiger partial charge in [-0.3, -0.25) is 9.78 Å². The van der Waals surface area contributed by atoms with Crippen molar-refractivity contribution in [2.75, 3.05) is 7.11 Å². The number of esters is 1. The molecule has 2 N–H and O–H groups in total. The van der Waals surface area contributed by atoms with Gasteiger partial charge < -0.3 is 19.7 Å². The Labute approximate surface area is 163 Å². The smallest absolute Gasteiger partial charge is 0.313 e. The Balaban J connectivity index is 1.76. The summed E-state index contributed by atoms with van der Waals surface area (Å²) in [5, 5.41) is 21.6. The van der Waals surface area contributed by atoms with Crippen LogP contribution in [0.2, 0.25) is 0 Å². The minimum Gasteiger partial charge on any atom is -0.506 e. The Hall–Kier alpha value is -3.12. The molecule has 0 spiro atoms. The van der Waals surface area contributed by atoms with Crippen LogP contribution in [0.3, 0.4) is 0 Å². The average molecular weight is 381 g/mol. The van der Waals surface area contributed by atoms with Crippen LogP contribution in [-0.4, -0.2) is 28.3 Å². The fourth-order valence-corrected chi connectivity index (χ4v) is 3.02. The van der Waals surface area contributed by atoms with Gasteiger partial charge in [-0.15, -0.1) is 0 Å². The summed E-state index contributed by atoms with van der Waals surface area (Å²) in [7, 11) is 1.62. The molecule has 0 bridgehead atoms. The van der Waals surface area contributed by atoms with Gasteiger partial charge in [0.25, 0.3) is 0 Å². The Morgan fingerprint density at radius 1 is 1.18 bits per heavy atom. The molecule has 0 saturated carbocycles. The van der Waals surface area contributed by atoms with Gasteiger partial charge in [0.05, 0.1) is 25.3 Å². The fraction of sp³-hybridized carbons (Fsp3) is 0.273. The van der Waals surface area contributed by atoms with Crippen LogP contribution in [0.25, 0.3) is 10.8 Å². The standard InChI is InChI=1S/C22H23NO5/c1-13(15-4-5-17-9-19(27-3)7-6-16(17)8-15)22(26)28-12-20-18(11-24)10-23-14(2)21(20)25/h4-10,13,24-25H,11-12H2,1-3H3/t13-/m0/s1. The second-order valence-corrected chi connectivity index (χ2v) is 6.66. The molecule has 28 heavy (non-hydrogen) atoms. The molecule has 3 aromatic rings. The second kappa shape index (κ2) is 8.27. The van der Waals surface area contributed by atoms with Crippen LogP contribution < -0.4 is 4.74 Å². The molecule has 0 saturated heterocycles. The quantitative estimate of drug-likeness (QED) is 0.634. The van der Waals surface area contributed by atoms with Gasteiger partial charge in [-0.2, -0.15) is 0 Å². The van der Waals surface area contributed by atoms with Crippen molar-refractivity contribution in [3.05, 3.63) is 65.0 Å². The number of ether oxygens (including phenoxy) is 2. The van der Waals surface area contributed by atoms with Gasteiger partial charge in [0.1, 0.15) is 18.1 Å². The number of aromatic nitrogens is 1. The summed E-state index contributed by atoms with van der Waals surface area (Å²) in [5.41, 5.74) is 2.06. The van der Waals surface area contributed by atoms with Crippen LogP contribution in [-0.2, 0) is 22.7 Å². The number of pyridine rings is 1. The topological polar surface area (TPSA) is 88.9 Å². The molecule has 0 aliphatic rings. The molecule has 0 unspecified atom stereocenters. The summed E-state index contributed by atoms with van der Waals surface area (Å²) in [6, 6.07) is 11.5. The molecule has 0 amide bonds. The average Bonchev–Trinajstić information content (AvgIpc) is 2.73. The Bertz CT molecular complexity index is 1020. The molecule has 1 heterocycles. The normalized spacial score (nSPS) is 12.0. The van der Waals surface area contributed by atoms with E-state index in [0.717, 1.165) is 22.1 Å². The first-order valence-corrected chi connectivity index (χ1v) is 8.96. The van der Waals surface area contributed by atoms with Gasteiger partial charge in [0.2, 0.25) is 0 Å². The highest BCUT2D eigenvalue weighted by atomic mass is 16.5. The van der Waals surface area contributed by atoms with Crippen LogP contribution in [0.5, 0.6) is 11.5 Å². The maximum atomic E-state index is 12.5. The predicted molar refractivity (Wildman–Crippen MR) is 105 cm³/mol. The number of methoxy groups -OCH3 is 1. The Morgan fingerprint density at radius 2 is 1.89 bits per heavy atom. The van der Waals surface area contributed by atoms with Crippen molar-refractivity contribution < 1.29 is 24.5 Å². The van der Waals surface area contributed by atoms with Gasteiger partial charge in [-0.05, 0) is 42.3 Å². The first kappa shape index (κ1) is 19.6. The highest BCUT2D eigenvalue weighted by molar-refractivity contribution is 5.86. The van der Waals surface area contributed by atoms with E-state index < -0.39 is 11.9 Å². The molecular weight excluding hydrogens is 358 g/mol. The van der Waals surface area contributed by atoms with Crippen LogP contribution in [0.4, 0.5) is 0 Å². The summed E-state index contributed by atoms with van der Waals surface area (Å²) in [4.78, 5) is 16.5. The van der Waals surface area contributed by atoms with E-state index in [1.807, 2.05) is 36.4 Å². The third kappa shape index (κ3) is 3.92. The van der Waals surface area contributed by atoms with Crippen molar-refractivity contribution in [3.63, 3.8) is 0 Å². The summed E-state index contributed by atoms with van der Waals surface area (Å²) < 4.78 is 10.6. The first-order chi connectivity index (χ1) is 13.4. The lowest BCUT2D eigenvalue weighted by Crippen LogP contribution is -2.14. The lowest BCUT2D eigenvalue weighted by atomic mass is 9.98. The van der Waals surface area contributed by atoms with Gasteiger partial charge in [-0.25, -0.2) is 0 Å². The number of rotatable bonds is 6. The molecule has 2 aromatic carbocycles. The van der Waals surface area contributed by atoms with Crippen molar-refractivity contribution >= 4 is 16.7 Å². The molecule has 146 valence electrons. The summed E-state index contributed by atoms with van der Waals surface area (Å²) in [5.74, 6) is -0.175. The van der Waals surface area contributed by atoms with Gasteiger partial charge >= 0.3 is 5.97 Å². The van der Waals surface area contributed by atoms with Gasteiger partial charge in [0, 0.05) is 17.3 Å². The maximum absolute atomic E-state index is 12.5. The van der Waals surface area contributed by atoms with E-state index in [0.29, 0.717) is 16.8 Å². The second-order valence-electron chi connectivity index (χ2n) is 6.66. The zero-order valence-corrected chi connectivity index (χ0v) is 16.1. The molecule has 0 aliphatic heterocycles. The van der Waals surface area contributed by atoms with E-state index in [1.165, 1.54) is 6.20 Å². The summed E-state index contributed by atoms with van der Waals surface area (Å²) in [6.07, 6.45) is 1.47. The number of carbonyl (C=O) groups is 1. The number of aliphatic hydroxyl groups excluding tert-OH is 1. The zero-order chi connectivity index (χ0) is 20.3. The third-order valence-corrected chi connectivity index (χ3v) is 4.88. The van der Waals surface area contributed by atoms with Crippen LogP contribution in [0.15, 0.2) is 42.6 Å². The lowest BCUT2D eigenvalue weighted by Gasteiger charge is -2.15. The van der Waals surface area contributed by atoms with E-state index >= 15 is 0 Å². The van der Waals surface area contributed by atoms with Crippen molar-refractivity contribution in [1.29, 1.82) is 0 Å². The molecule has 6 nitrogen and oxygen atoms in total. The van der Waals surface area contributed by atoms with Gasteiger partial charge in [-0.1, -0.05) is 24.3 Å². The summed E-state index contributed by atoms with van der Waals surface area (Å²) >= 11 is 0. The SMILES string of the molecule is COc1ccc2cc([C@H](C)C(=O)OCc3c(CO)cnc(C)c3O)ccc2c1. The molecule has 0 fully saturated rings. The first-order valence-electron chi connectivity index (χ1n) is 8.96. The number of aromatic hydroxyl groups is 1. The maximum Gasteiger partial charge on any atom is 0.313 e. The minimum absolute atomic E-state index is 0.0633. The number of aliphatic hydroxyl groups is 1. The predicted octanol–water partition coefficient (Wildman–Crippen LogP) is 3.60. The van der Waals surface area contributed by atoms with Crippen LogP contribution >= 0.6 is 0 Å². The molecule has 1 aromatic heterocycles. The van der Waals surface area contributed by atoms with Crippen molar-refractivity contribution in [1.82, 2.24) is 4.98 Å². The number of carbonyl (C=O) groups excluding carboxylic acids is 1. The fourth-order valence-electron chi connectivity index (χ4n) is 3.02. The number of aryl methyl sites for hydroxylation is 1. The number of nitrogens with zero attached hydrogens (tertiary/aromatic N) is 1. The summed E-state index contributed by atoms with van der Waals surface area (Å²) in [6.45, 7) is 3.00. The highest BCUT2D eigenvalue weighted by Gasteiger charge is 2.19. The van der Waals surface area contributed by atoms with E-state index in [4.69, 9.17) is 9.47 Å². The van der Waals surface area contributed by atoms with Crippen LogP contribution in [0, 0.1) is 6.92 Å². The van der Waals surface area contributed by atoms with E-state index in [-0.39, 0.29) is 19.0 Å². The minimum atomic E-state index is -0.478. The van der Waals surface area contributed by atoms with Crippen molar-refractivity contribution in [2.45, 2.75) is 33.0 Å². The number of fused-ring (bicyclic) bond motifs is 1. The Morgan fingerprint density at radius 3 is 2.61 bits per heavy atom. The molecule has 1 atom stereocenters. The van der Waals surface area contributed by atoms with Crippen LogP contribution in [0.1, 0.15) is 35.2 Å². The molecule has 3 rings (SSSR count). The molecular formula is C22H23NO5. The number of hydrogen-bond donors (Lipinski definition) is 2. The monoisotopic (exact) mass is 381 g/mol. The molecule has 0 aliphatic carbocycles. The van der Waals surface area contributed by atoms with Gasteiger partial charge in [0.15, 0.2) is 0 Å². The van der Waals surface area contributed by atoms with E-state index in [1.54, 1.807) is 21.0 Å². The third-order valence-electron chi connectivity index (χ3n) is 4.88. The zero-order valence-electron chi connectivity index (χ0n) is 16.1. The van der Waals surface area contributed by atoms with Crippen molar-refractivity contribution in [2.24, 2.45) is 0 Å². The Kier molecular flexibility index (Phi) is 5.80. The largest absolute Gasteiger partial charge is 0.506 e. The number of hydrogen-bond acceptors (Lipinski definition) is 6. The van der Waals surface area contributed by atoms with Crippen molar-refractivity contribution in [3.8, 4) is 11.5 Å². The van der Waals surface area contributed by atoms with E-state index in [2.05, 4.69) is 4.98 Å². The van der Waals surface area contributed by atoms with E-state index in [9.17, 15) is 15.0 Å².